The standard InChI is InChI=1S/C13H28N2O2/c1-6-17-8-7-15(5)12(16)9-11(14)10-13(2,3)4/h11H,6-10,14H2,1-5H3. The molecule has 4 nitrogen and oxygen atoms in total. The summed E-state index contributed by atoms with van der Waals surface area (Å²) in [5, 5.41) is 0. The Kier molecular flexibility index (Phi) is 7.39. The third-order valence-corrected chi connectivity index (χ3v) is 2.51. The first-order chi connectivity index (χ1) is 7.76. The molecule has 1 amide bonds. The van der Waals surface area contributed by atoms with E-state index >= 15 is 0 Å². The van der Waals surface area contributed by atoms with E-state index in [4.69, 9.17) is 10.5 Å². The highest BCUT2D eigenvalue weighted by molar-refractivity contribution is 5.76. The summed E-state index contributed by atoms with van der Waals surface area (Å²) in [5.41, 5.74) is 6.14. The molecule has 1 unspecified atom stereocenters. The largest absolute Gasteiger partial charge is 0.380 e. The van der Waals surface area contributed by atoms with Gasteiger partial charge in [0.25, 0.3) is 0 Å². The lowest BCUT2D eigenvalue weighted by Gasteiger charge is -2.24. The molecule has 0 aromatic carbocycles. The zero-order chi connectivity index (χ0) is 13.5. The van der Waals surface area contributed by atoms with E-state index in [0.717, 1.165) is 6.42 Å². The van der Waals surface area contributed by atoms with Gasteiger partial charge in [-0.3, -0.25) is 4.79 Å². The lowest BCUT2D eigenvalue weighted by Crippen LogP contribution is -2.36. The molecule has 0 saturated heterocycles. The third kappa shape index (κ3) is 9.12. The normalized spacial score (nSPS) is 13.5. The smallest absolute Gasteiger partial charge is 0.223 e. The van der Waals surface area contributed by atoms with Crippen molar-refractivity contribution in [3.8, 4) is 0 Å². The molecule has 0 aliphatic rings. The van der Waals surface area contributed by atoms with Gasteiger partial charge in [0.2, 0.25) is 5.91 Å². The van der Waals surface area contributed by atoms with E-state index in [0.29, 0.717) is 26.2 Å². The summed E-state index contributed by atoms with van der Waals surface area (Å²) in [5.74, 6) is 0.0986. The second-order valence-electron chi connectivity index (χ2n) is 5.74. The summed E-state index contributed by atoms with van der Waals surface area (Å²) in [6.07, 6.45) is 1.28. The van der Waals surface area contributed by atoms with Crippen molar-refractivity contribution in [3.63, 3.8) is 0 Å². The predicted octanol–water partition coefficient (Wildman–Crippen LogP) is 1.63. The Bertz CT molecular complexity index is 224. The first-order valence-electron chi connectivity index (χ1n) is 6.33. The average molecular weight is 244 g/mol. The number of hydrogen-bond acceptors (Lipinski definition) is 3. The van der Waals surface area contributed by atoms with Crippen molar-refractivity contribution >= 4 is 5.91 Å². The molecule has 2 N–H and O–H groups in total. The zero-order valence-corrected chi connectivity index (χ0v) is 12.0. The monoisotopic (exact) mass is 244 g/mol. The molecule has 1 atom stereocenters. The van der Waals surface area contributed by atoms with Gasteiger partial charge in [-0.25, -0.2) is 0 Å². The average Bonchev–Trinajstić information content (AvgIpc) is 2.14. The molecule has 0 aliphatic carbocycles. The van der Waals surface area contributed by atoms with Crippen molar-refractivity contribution in [1.82, 2.24) is 4.90 Å². The molecule has 0 radical (unpaired) electrons. The number of amides is 1. The van der Waals surface area contributed by atoms with Crippen LogP contribution in [0.25, 0.3) is 0 Å². The van der Waals surface area contributed by atoms with Crippen LogP contribution in [0.1, 0.15) is 40.5 Å². The van der Waals surface area contributed by atoms with Gasteiger partial charge in [-0.05, 0) is 18.8 Å². The van der Waals surface area contributed by atoms with Gasteiger partial charge in [0.05, 0.1) is 6.61 Å². The van der Waals surface area contributed by atoms with E-state index in [1.165, 1.54) is 0 Å². The van der Waals surface area contributed by atoms with Crippen LogP contribution in [0.15, 0.2) is 0 Å². The van der Waals surface area contributed by atoms with Gasteiger partial charge >= 0.3 is 0 Å². The summed E-state index contributed by atoms with van der Waals surface area (Å²) < 4.78 is 5.21. The Balaban J connectivity index is 3.90. The second-order valence-corrected chi connectivity index (χ2v) is 5.74. The maximum atomic E-state index is 11.8. The lowest BCUT2D eigenvalue weighted by molar-refractivity contribution is -0.131. The van der Waals surface area contributed by atoms with Crippen molar-refractivity contribution < 1.29 is 9.53 Å². The van der Waals surface area contributed by atoms with Crippen molar-refractivity contribution in [2.24, 2.45) is 11.1 Å². The molecular formula is C13H28N2O2. The highest BCUT2D eigenvalue weighted by Crippen LogP contribution is 2.21. The van der Waals surface area contributed by atoms with Crippen molar-refractivity contribution in [3.05, 3.63) is 0 Å². The summed E-state index contributed by atoms with van der Waals surface area (Å²) in [4.78, 5) is 13.5. The zero-order valence-electron chi connectivity index (χ0n) is 12.0. The molecule has 102 valence electrons. The van der Waals surface area contributed by atoms with E-state index in [1.54, 1.807) is 11.9 Å². The van der Waals surface area contributed by atoms with Gasteiger partial charge in [0.15, 0.2) is 0 Å². The van der Waals surface area contributed by atoms with E-state index < -0.39 is 0 Å². The summed E-state index contributed by atoms with van der Waals surface area (Å²) in [6, 6.07) is -0.0583. The highest BCUT2D eigenvalue weighted by Gasteiger charge is 2.19. The molecule has 0 rings (SSSR count). The fraction of sp³-hybridized carbons (Fsp3) is 0.923. The number of carbonyl (C=O) groups is 1. The number of hydrogen-bond donors (Lipinski definition) is 1. The Hall–Kier alpha value is -0.610. The number of nitrogens with zero attached hydrogens (tertiary/aromatic N) is 1. The van der Waals surface area contributed by atoms with Crippen LogP contribution in [0, 0.1) is 5.41 Å². The molecule has 4 heteroatoms. The molecule has 0 aromatic rings. The Morgan fingerprint density at radius 1 is 1.41 bits per heavy atom. The van der Waals surface area contributed by atoms with Crippen LogP contribution in [-0.4, -0.2) is 43.7 Å². The molecule has 0 aromatic heterocycles. The Morgan fingerprint density at radius 3 is 2.47 bits per heavy atom. The van der Waals surface area contributed by atoms with Gasteiger partial charge in [0.1, 0.15) is 0 Å². The molecule has 0 aliphatic heterocycles. The first-order valence-corrected chi connectivity index (χ1v) is 6.33. The van der Waals surface area contributed by atoms with Crippen LogP contribution < -0.4 is 5.73 Å². The van der Waals surface area contributed by atoms with Crippen LogP contribution in [0.3, 0.4) is 0 Å². The van der Waals surface area contributed by atoms with Gasteiger partial charge in [-0.15, -0.1) is 0 Å². The van der Waals surface area contributed by atoms with Crippen molar-refractivity contribution in [2.75, 3.05) is 26.8 Å². The van der Waals surface area contributed by atoms with Crippen molar-refractivity contribution in [1.29, 1.82) is 0 Å². The number of nitrogens with two attached hydrogens (primary N) is 1. The Labute approximate surface area is 105 Å². The van der Waals surface area contributed by atoms with E-state index in [2.05, 4.69) is 20.8 Å². The molecule has 0 fully saturated rings. The minimum atomic E-state index is -0.0583. The molecule has 0 bridgehead atoms. The number of ether oxygens (including phenoxy) is 1. The number of rotatable bonds is 7. The number of carbonyl (C=O) groups excluding carboxylic acids is 1. The van der Waals surface area contributed by atoms with E-state index in [-0.39, 0.29) is 17.4 Å². The van der Waals surface area contributed by atoms with Crippen LogP contribution in [0.4, 0.5) is 0 Å². The second kappa shape index (κ2) is 7.67. The first kappa shape index (κ1) is 16.4. The van der Waals surface area contributed by atoms with Crippen molar-refractivity contribution in [2.45, 2.75) is 46.6 Å². The molecule has 0 heterocycles. The quantitative estimate of drug-likeness (QED) is 0.693. The molecule has 0 saturated carbocycles. The molecule has 0 spiro atoms. The third-order valence-electron chi connectivity index (χ3n) is 2.51. The summed E-state index contributed by atoms with van der Waals surface area (Å²) in [7, 11) is 1.80. The van der Waals surface area contributed by atoms with Crippen LogP contribution in [0.5, 0.6) is 0 Å². The van der Waals surface area contributed by atoms with E-state index in [9.17, 15) is 4.79 Å². The maximum Gasteiger partial charge on any atom is 0.223 e. The maximum absolute atomic E-state index is 11.8. The van der Waals surface area contributed by atoms with Gasteiger partial charge in [0, 0.05) is 32.7 Å². The molecule has 17 heavy (non-hydrogen) atoms. The molecular weight excluding hydrogens is 216 g/mol. The predicted molar refractivity (Wildman–Crippen MR) is 70.8 cm³/mol. The van der Waals surface area contributed by atoms with Gasteiger partial charge in [-0.2, -0.15) is 0 Å². The summed E-state index contributed by atoms with van der Waals surface area (Å²) in [6.45, 7) is 10.3. The van der Waals surface area contributed by atoms with Gasteiger partial charge in [-0.1, -0.05) is 20.8 Å². The number of likely N-dealkylation sites (N-methyl/N-ethyl adjacent to an activating group) is 1. The van der Waals surface area contributed by atoms with Crippen LogP contribution in [0.2, 0.25) is 0 Å². The lowest BCUT2D eigenvalue weighted by atomic mass is 9.87. The van der Waals surface area contributed by atoms with E-state index in [1.807, 2.05) is 6.92 Å². The van der Waals surface area contributed by atoms with Gasteiger partial charge < -0.3 is 15.4 Å². The summed E-state index contributed by atoms with van der Waals surface area (Å²) >= 11 is 0. The minimum Gasteiger partial charge on any atom is -0.380 e. The topological polar surface area (TPSA) is 55.6 Å². The van der Waals surface area contributed by atoms with Crippen LogP contribution in [-0.2, 0) is 9.53 Å². The van der Waals surface area contributed by atoms with Crippen LogP contribution >= 0.6 is 0 Å². The highest BCUT2D eigenvalue weighted by atomic mass is 16.5. The Morgan fingerprint density at radius 2 is 2.00 bits per heavy atom. The minimum absolute atomic E-state index is 0.0583. The SMILES string of the molecule is CCOCCN(C)C(=O)CC(N)CC(C)(C)C. The fourth-order valence-electron chi connectivity index (χ4n) is 1.71. The fourth-order valence-corrected chi connectivity index (χ4v) is 1.71.